The van der Waals surface area contributed by atoms with Gasteiger partial charge in [-0.1, -0.05) is 0 Å². The Bertz CT molecular complexity index is 706. The van der Waals surface area contributed by atoms with Crippen molar-refractivity contribution < 1.29 is 9.15 Å². The van der Waals surface area contributed by atoms with E-state index in [1.807, 2.05) is 23.9 Å². The average Bonchev–Trinajstić information content (AvgIpc) is 3.22. The van der Waals surface area contributed by atoms with Crippen LogP contribution in [0.4, 0.5) is 0 Å². The molecule has 0 aliphatic carbocycles. The molecular formula is C20H33N5O2. The van der Waals surface area contributed by atoms with Crippen LogP contribution in [-0.4, -0.2) is 41.5 Å². The lowest BCUT2D eigenvalue weighted by Crippen LogP contribution is -2.43. The summed E-state index contributed by atoms with van der Waals surface area (Å²) in [6.07, 6.45) is 3.45. The molecule has 7 heteroatoms. The zero-order valence-corrected chi connectivity index (χ0v) is 17.2. The van der Waals surface area contributed by atoms with E-state index in [2.05, 4.69) is 48.4 Å². The number of aliphatic imine (C=N–C) groups is 1. The van der Waals surface area contributed by atoms with Crippen molar-refractivity contribution in [3.8, 4) is 0 Å². The van der Waals surface area contributed by atoms with Crippen LogP contribution in [0.15, 0.2) is 27.8 Å². The van der Waals surface area contributed by atoms with Gasteiger partial charge in [-0.2, -0.15) is 5.10 Å². The van der Waals surface area contributed by atoms with E-state index < -0.39 is 0 Å². The largest absolute Gasteiger partial charge is 0.467 e. The van der Waals surface area contributed by atoms with Crippen molar-refractivity contribution >= 4 is 5.96 Å². The molecule has 2 rings (SSSR count). The summed E-state index contributed by atoms with van der Waals surface area (Å²) in [6, 6.07) is 4.05. The van der Waals surface area contributed by atoms with Gasteiger partial charge in [-0.15, -0.1) is 0 Å². The van der Waals surface area contributed by atoms with Crippen molar-refractivity contribution in [3.05, 3.63) is 41.1 Å². The monoisotopic (exact) mass is 375 g/mol. The number of furan rings is 1. The second-order valence-corrected chi connectivity index (χ2v) is 6.77. The first-order valence-corrected chi connectivity index (χ1v) is 9.65. The molecule has 0 saturated carbocycles. The van der Waals surface area contributed by atoms with Crippen LogP contribution in [0, 0.1) is 13.8 Å². The molecule has 0 saturated heterocycles. The first-order valence-electron chi connectivity index (χ1n) is 9.65. The fourth-order valence-electron chi connectivity index (χ4n) is 2.95. The van der Waals surface area contributed by atoms with Gasteiger partial charge in [-0.3, -0.25) is 9.67 Å². The van der Waals surface area contributed by atoms with E-state index in [9.17, 15) is 0 Å². The van der Waals surface area contributed by atoms with E-state index in [0.29, 0.717) is 19.8 Å². The third kappa shape index (κ3) is 6.75. The van der Waals surface area contributed by atoms with E-state index >= 15 is 0 Å². The van der Waals surface area contributed by atoms with E-state index in [1.165, 1.54) is 11.3 Å². The Kier molecular flexibility index (Phi) is 8.39. The van der Waals surface area contributed by atoms with Gasteiger partial charge in [0.1, 0.15) is 12.4 Å². The Morgan fingerprint density at radius 1 is 1.41 bits per heavy atom. The van der Waals surface area contributed by atoms with E-state index in [1.54, 1.807) is 6.26 Å². The third-order valence-corrected chi connectivity index (χ3v) is 4.44. The predicted octanol–water partition coefficient (Wildman–Crippen LogP) is 2.72. The molecule has 150 valence electrons. The van der Waals surface area contributed by atoms with Gasteiger partial charge < -0.3 is 19.8 Å². The smallest absolute Gasteiger partial charge is 0.191 e. The number of nitrogens with zero attached hydrogens (tertiary/aromatic N) is 3. The van der Waals surface area contributed by atoms with Gasteiger partial charge in [-0.25, -0.2) is 0 Å². The first kappa shape index (κ1) is 21.0. The summed E-state index contributed by atoms with van der Waals surface area (Å²) in [4.78, 5) is 4.65. The summed E-state index contributed by atoms with van der Waals surface area (Å²) in [5.41, 5.74) is 3.62. The van der Waals surface area contributed by atoms with Gasteiger partial charge in [0.2, 0.25) is 0 Å². The molecular weight excluding hydrogens is 342 g/mol. The highest BCUT2D eigenvalue weighted by Gasteiger charge is 2.13. The molecule has 0 aromatic carbocycles. The molecule has 1 unspecified atom stereocenters. The third-order valence-electron chi connectivity index (χ3n) is 4.44. The van der Waals surface area contributed by atoms with Crippen molar-refractivity contribution in [3.63, 3.8) is 0 Å². The Hall–Kier alpha value is -2.28. The molecule has 1 atom stereocenters. The Balaban J connectivity index is 1.76. The fourth-order valence-corrected chi connectivity index (χ4v) is 2.95. The molecule has 0 aliphatic rings. The minimum absolute atomic E-state index is 0.264. The van der Waals surface area contributed by atoms with Crippen LogP contribution in [0.2, 0.25) is 0 Å². The average molecular weight is 376 g/mol. The highest BCUT2D eigenvalue weighted by Crippen LogP contribution is 2.14. The van der Waals surface area contributed by atoms with Crippen LogP contribution in [0.3, 0.4) is 0 Å². The molecule has 2 aromatic heterocycles. The van der Waals surface area contributed by atoms with Crippen molar-refractivity contribution in [2.24, 2.45) is 12.0 Å². The molecule has 0 bridgehead atoms. The van der Waals surface area contributed by atoms with E-state index in [0.717, 1.165) is 36.8 Å². The van der Waals surface area contributed by atoms with Crippen LogP contribution in [-0.2, 0) is 24.8 Å². The number of rotatable bonds is 10. The molecule has 0 fully saturated rings. The number of hydrogen-bond donors (Lipinski definition) is 2. The molecule has 0 spiro atoms. The normalized spacial score (nSPS) is 13.0. The maximum atomic E-state index is 5.60. The van der Waals surface area contributed by atoms with Crippen LogP contribution < -0.4 is 10.6 Å². The molecule has 2 aromatic rings. The van der Waals surface area contributed by atoms with Gasteiger partial charge in [0.15, 0.2) is 5.96 Å². The number of nitrogens with one attached hydrogen (secondary N) is 2. The lowest BCUT2D eigenvalue weighted by molar-refractivity contribution is 0.105. The number of ether oxygens (including phenoxy) is 1. The molecule has 0 aliphatic heterocycles. The summed E-state index contributed by atoms with van der Waals surface area (Å²) >= 11 is 0. The summed E-state index contributed by atoms with van der Waals surface area (Å²) < 4.78 is 12.8. The molecule has 0 radical (unpaired) electrons. The van der Waals surface area contributed by atoms with Gasteiger partial charge >= 0.3 is 0 Å². The lowest BCUT2D eigenvalue weighted by Gasteiger charge is -2.18. The molecule has 27 heavy (non-hydrogen) atoms. The number of aromatic nitrogens is 2. The quantitative estimate of drug-likeness (QED) is 0.379. The molecule has 2 heterocycles. The summed E-state index contributed by atoms with van der Waals surface area (Å²) in [7, 11) is 1.99. The number of hydrogen-bond acceptors (Lipinski definition) is 4. The van der Waals surface area contributed by atoms with Crippen molar-refractivity contribution in [2.45, 2.75) is 53.2 Å². The molecule has 7 nitrogen and oxygen atoms in total. The maximum absolute atomic E-state index is 5.60. The van der Waals surface area contributed by atoms with Crippen molar-refractivity contribution in [2.75, 3.05) is 19.7 Å². The second kappa shape index (κ2) is 10.8. The van der Waals surface area contributed by atoms with Crippen molar-refractivity contribution in [1.29, 1.82) is 0 Å². The Morgan fingerprint density at radius 3 is 2.85 bits per heavy atom. The van der Waals surface area contributed by atoms with Gasteiger partial charge in [-0.05, 0) is 58.2 Å². The van der Waals surface area contributed by atoms with Crippen LogP contribution in [0.5, 0.6) is 0 Å². The standard InChI is InChI=1S/C20H33N5O2/c1-6-21-20(22-10-8-11-26-14-18-9-7-12-27-18)23-15(2)13-19-16(3)24-25(5)17(19)4/h7,9,12,15H,6,8,10-11,13-14H2,1-5H3,(H2,21,22,23). The minimum atomic E-state index is 0.264. The van der Waals surface area contributed by atoms with Crippen LogP contribution in [0.1, 0.15) is 43.0 Å². The fraction of sp³-hybridized carbons (Fsp3) is 0.600. The van der Waals surface area contributed by atoms with Crippen molar-refractivity contribution in [1.82, 2.24) is 20.4 Å². The summed E-state index contributed by atoms with van der Waals surface area (Å²) in [5.74, 6) is 1.69. The Morgan fingerprint density at radius 2 is 2.22 bits per heavy atom. The van der Waals surface area contributed by atoms with E-state index in [-0.39, 0.29) is 6.04 Å². The second-order valence-electron chi connectivity index (χ2n) is 6.77. The Labute approximate surface area is 162 Å². The molecule has 0 amide bonds. The van der Waals surface area contributed by atoms with Crippen LogP contribution in [0.25, 0.3) is 0 Å². The highest BCUT2D eigenvalue weighted by molar-refractivity contribution is 5.80. The first-order chi connectivity index (χ1) is 13.0. The SMILES string of the molecule is CCNC(=NCCCOCc1ccco1)NC(C)Cc1c(C)nn(C)c1C. The predicted molar refractivity (Wildman–Crippen MR) is 108 cm³/mol. The minimum Gasteiger partial charge on any atom is -0.467 e. The summed E-state index contributed by atoms with van der Waals surface area (Å²) in [5, 5.41) is 11.3. The number of aryl methyl sites for hydroxylation is 2. The van der Waals surface area contributed by atoms with E-state index in [4.69, 9.17) is 9.15 Å². The molecule has 2 N–H and O–H groups in total. The highest BCUT2D eigenvalue weighted by atomic mass is 16.5. The lowest BCUT2D eigenvalue weighted by atomic mass is 10.1. The van der Waals surface area contributed by atoms with Crippen LogP contribution >= 0.6 is 0 Å². The van der Waals surface area contributed by atoms with Gasteiger partial charge in [0.05, 0.1) is 12.0 Å². The topological polar surface area (TPSA) is 76.6 Å². The zero-order chi connectivity index (χ0) is 19.6. The number of guanidine groups is 1. The zero-order valence-electron chi connectivity index (χ0n) is 17.2. The van der Waals surface area contributed by atoms with Gasteiger partial charge in [0, 0.05) is 38.5 Å². The maximum Gasteiger partial charge on any atom is 0.191 e. The summed E-state index contributed by atoms with van der Waals surface area (Å²) in [6.45, 7) is 11.1. The van der Waals surface area contributed by atoms with Gasteiger partial charge in [0.25, 0.3) is 0 Å².